The SMILES string of the molecule is CC(C)Cn1c(CCl)nnc1-c1ccc(Br)c(Cl)c1. The highest BCUT2D eigenvalue weighted by Crippen LogP contribution is 2.28. The maximum Gasteiger partial charge on any atom is 0.164 e. The summed E-state index contributed by atoms with van der Waals surface area (Å²) in [6.45, 7) is 5.13. The number of hydrogen-bond acceptors (Lipinski definition) is 2. The molecule has 2 rings (SSSR count). The fourth-order valence-electron chi connectivity index (χ4n) is 1.84. The van der Waals surface area contributed by atoms with Gasteiger partial charge in [-0.3, -0.25) is 0 Å². The average molecular weight is 363 g/mol. The van der Waals surface area contributed by atoms with Gasteiger partial charge >= 0.3 is 0 Å². The molecular weight excluding hydrogens is 349 g/mol. The van der Waals surface area contributed by atoms with Crippen molar-refractivity contribution < 1.29 is 0 Å². The molecule has 19 heavy (non-hydrogen) atoms. The van der Waals surface area contributed by atoms with Gasteiger partial charge in [0.15, 0.2) is 5.82 Å². The zero-order valence-electron chi connectivity index (χ0n) is 10.7. The Morgan fingerprint density at radius 3 is 2.63 bits per heavy atom. The lowest BCUT2D eigenvalue weighted by Crippen LogP contribution is -2.09. The van der Waals surface area contributed by atoms with E-state index >= 15 is 0 Å². The summed E-state index contributed by atoms with van der Waals surface area (Å²) in [4.78, 5) is 0. The zero-order chi connectivity index (χ0) is 14.0. The van der Waals surface area contributed by atoms with Gasteiger partial charge in [-0.1, -0.05) is 25.4 Å². The van der Waals surface area contributed by atoms with Crippen molar-refractivity contribution in [3.05, 3.63) is 33.5 Å². The Morgan fingerprint density at radius 2 is 2.05 bits per heavy atom. The third kappa shape index (κ3) is 3.30. The molecule has 0 aliphatic carbocycles. The zero-order valence-corrected chi connectivity index (χ0v) is 13.8. The average Bonchev–Trinajstić information content (AvgIpc) is 2.75. The molecule has 102 valence electrons. The van der Waals surface area contributed by atoms with Gasteiger partial charge < -0.3 is 4.57 Å². The third-order valence-corrected chi connectivity index (χ3v) is 4.14. The van der Waals surface area contributed by atoms with Gasteiger partial charge in [0.2, 0.25) is 0 Å². The summed E-state index contributed by atoms with van der Waals surface area (Å²) in [5.41, 5.74) is 0.942. The smallest absolute Gasteiger partial charge is 0.164 e. The van der Waals surface area contributed by atoms with E-state index in [9.17, 15) is 0 Å². The molecule has 0 bridgehead atoms. The first-order valence-corrected chi connectivity index (χ1v) is 7.67. The summed E-state index contributed by atoms with van der Waals surface area (Å²) in [6, 6.07) is 5.76. The second-order valence-electron chi connectivity index (χ2n) is 4.71. The molecule has 1 aromatic heterocycles. The van der Waals surface area contributed by atoms with E-state index in [1.54, 1.807) is 0 Å². The van der Waals surface area contributed by atoms with Gasteiger partial charge in [-0.15, -0.1) is 21.8 Å². The summed E-state index contributed by atoms with van der Waals surface area (Å²) >= 11 is 15.4. The van der Waals surface area contributed by atoms with Gasteiger partial charge in [0.05, 0.1) is 10.9 Å². The number of alkyl halides is 1. The van der Waals surface area contributed by atoms with Crippen LogP contribution in [0.15, 0.2) is 22.7 Å². The predicted molar refractivity (Wildman–Crippen MR) is 82.6 cm³/mol. The van der Waals surface area contributed by atoms with E-state index in [2.05, 4.69) is 44.5 Å². The molecule has 2 aromatic rings. The van der Waals surface area contributed by atoms with Crippen molar-refractivity contribution >= 4 is 39.1 Å². The van der Waals surface area contributed by atoms with Gasteiger partial charge in [0, 0.05) is 16.6 Å². The summed E-state index contributed by atoms with van der Waals surface area (Å²) < 4.78 is 2.92. The molecule has 0 unspecified atom stereocenters. The van der Waals surface area contributed by atoms with Crippen LogP contribution in [0.5, 0.6) is 0 Å². The maximum atomic E-state index is 6.13. The van der Waals surface area contributed by atoms with Crippen LogP contribution >= 0.6 is 39.1 Å². The highest BCUT2D eigenvalue weighted by atomic mass is 79.9. The fourth-order valence-corrected chi connectivity index (χ4v) is 2.46. The van der Waals surface area contributed by atoms with Crippen LogP contribution in [-0.4, -0.2) is 14.8 Å². The molecule has 3 nitrogen and oxygen atoms in total. The molecule has 0 saturated heterocycles. The molecular formula is C13H14BrCl2N3. The van der Waals surface area contributed by atoms with Crippen molar-refractivity contribution in [3.8, 4) is 11.4 Å². The minimum atomic E-state index is 0.351. The monoisotopic (exact) mass is 361 g/mol. The van der Waals surface area contributed by atoms with Crippen molar-refractivity contribution in [1.82, 2.24) is 14.8 Å². The van der Waals surface area contributed by atoms with Crippen molar-refractivity contribution in [1.29, 1.82) is 0 Å². The van der Waals surface area contributed by atoms with Crippen LogP contribution in [0, 0.1) is 5.92 Å². The standard InChI is InChI=1S/C13H14BrCl2N3/c1-8(2)7-19-12(6-15)17-18-13(19)9-3-4-10(14)11(16)5-9/h3-5,8H,6-7H2,1-2H3. The first-order valence-electron chi connectivity index (χ1n) is 5.96. The molecule has 0 amide bonds. The molecule has 0 atom stereocenters. The highest BCUT2D eigenvalue weighted by Gasteiger charge is 2.15. The summed E-state index contributed by atoms with van der Waals surface area (Å²) in [6.07, 6.45) is 0. The van der Waals surface area contributed by atoms with E-state index in [0.717, 1.165) is 28.2 Å². The Labute approximate surface area is 131 Å². The summed E-state index contributed by atoms with van der Waals surface area (Å²) in [5.74, 6) is 2.43. The molecule has 0 radical (unpaired) electrons. The molecule has 0 aliphatic heterocycles. The van der Waals surface area contributed by atoms with Crippen molar-refractivity contribution in [2.45, 2.75) is 26.3 Å². The Kier molecular flexibility index (Phi) is 4.87. The molecule has 0 spiro atoms. The van der Waals surface area contributed by atoms with E-state index in [0.29, 0.717) is 16.8 Å². The minimum absolute atomic E-state index is 0.351. The topological polar surface area (TPSA) is 30.7 Å². The largest absolute Gasteiger partial charge is 0.310 e. The Morgan fingerprint density at radius 1 is 1.32 bits per heavy atom. The second kappa shape index (κ2) is 6.25. The Balaban J connectivity index is 2.48. The lowest BCUT2D eigenvalue weighted by atomic mass is 10.2. The summed E-state index contributed by atoms with van der Waals surface area (Å²) in [7, 11) is 0. The number of nitrogens with zero attached hydrogens (tertiary/aromatic N) is 3. The predicted octanol–water partition coefficient (Wildman–Crippen LogP) is 4.76. The number of rotatable bonds is 4. The Bertz CT molecular complexity index is 581. The normalized spacial score (nSPS) is 11.3. The van der Waals surface area contributed by atoms with Crippen LogP contribution in [0.3, 0.4) is 0 Å². The van der Waals surface area contributed by atoms with Crippen LogP contribution in [0.2, 0.25) is 5.02 Å². The van der Waals surface area contributed by atoms with E-state index in [-0.39, 0.29) is 0 Å². The van der Waals surface area contributed by atoms with Crippen LogP contribution in [0.1, 0.15) is 19.7 Å². The quantitative estimate of drug-likeness (QED) is 0.734. The first kappa shape index (κ1) is 14.8. The molecule has 0 fully saturated rings. The molecule has 1 aromatic carbocycles. The van der Waals surface area contributed by atoms with Gasteiger partial charge in [-0.25, -0.2) is 0 Å². The maximum absolute atomic E-state index is 6.13. The summed E-state index contributed by atoms with van der Waals surface area (Å²) in [5, 5.41) is 9.03. The van der Waals surface area contributed by atoms with Gasteiger partial charge in [0.1, 0.15) is 5.82 Å². The van der Waals surface area contributed by atoms with E-state index < -0.39 is 0 Å². The van der Waals surface area contributed by atoms with Crippen LogP contribution in [0.25, 0.3) is 11.4 Å². The van der Waals surface area contributed by atoms with E-state index in [1.807, 2.05) is 18.2 Å². The fraction of sp³-hybridized carbons (Fsp3) is 0.385. The number of halogens is 3. The van der Waals surface area contributed by atoms with Gasteiger partial charge in [-0.2, -0.15) is 0 Å². The second-order valence-corrected chi connectivity index (χ2v) is 6.24. The highest BCUT2D eigenvalue weighted by molar-refractivity contribution is 9.10. The van der Waals surface area contributed by atoms with E-state index in [1.165, 1.54) is 0 Å². The first-order chi connectivity index (χ1) is 9.02. The van der Waals surface area contributed by atoms with Gasteiger partial charge in [0.25, 0.3) is 0 Å². The molecule has 6 heteroatoms. The van der Waals surface area contributed by atoms with Crippen molar-refractivity contribution in [3.63, 3.8) is 0 Å². The van der Waals surface area contributed by atoms with Crippen LogP contribution in [0.4, 0.5) is 0 Å². The van der Waals surface area contributed by atoms with Crippen molar-refractivity contribution in [2.75, 3.05) is 0 Å². The Hall–Kier alpha value is -0.580. The van der Waals surface area contributed by atoms with Crippen LogP contribution < -0.4 is 0 Å². The lowest BCUT2D eigenvalue weighted by molar-refractivity contribution is 0.515. The lowest BCUT2D eigenvalue weighted by Gasteiger charge is -2.12. The number of benzene rings is 1. The molecule has 0 N–H and O–H groups in total. The molecule has 0 aliphatic rings. The number of aromatic nitrogens is 3. The van der Waals surface area contributed by atoms with Gasteiger partial charge in [-0.05, 0) is 40.0 Å². The molecule has 0 saturated carbocycles. The van der Waals surface area contributed by atoms with Crippen molar-refractivity contribution in [2.24, 2.45) is 5.92 Å². The minimum Gasteiger partial charge on any atom is -0.310 e. The molecule has 1 heterocycles. The van der Waals surface area contributed by atoms with Crippen LogP contribution in [-0.2, 0) is 12.4 Å². The third-order valence-electron chi connectivity index (χ3n) is 2.67. The number of hydrogen-bond donors (Lipinski definition) is 0. The van der Waals surface area contributed by atoms with E-state index in [4.69, 9.17) is 23.2 Å².